The highest BCUT2D eigenvalue weighted by atomic mass is 16.5. The van der Waals surface area contributed by atoms with E-state index < -0.39 is 0 Å². The van der Waals surface area contributed by atoms with Crippen molar-refractivity contribution < 1.29 is 14.6 Å². The summed E-state index contributed by atoms with van der Waals surface area (Å²) in [4.78, 5) is 15.3. The molecule has 146 valence electrons. The molecule has 1 N–H and O–H groups in total. The van der Waals surface area contributed by atoms with Gasteiger partial charge in [0, 0.05) is 36.4 Å². The summed E-state index contributed by atoms with van der Waals surface area (Å²) in [6.07, 6.45) is 7.99. The Morgan fingerprint density at radius 2 is 2.15 bits per heavy atom. The molecule has 0 spiro atoms. The molecule has 3 atom stereocenters. The summed E-state index contributed by atoms with van der Waals surface area (Å²) >= 11 is 0. The first-order chi connectivity index (χ1) is 13.1. The number of carbonyl (C=O) groups is 1. The number of nitrogens with zero attached hydrogens (tertiary/aromatic N) is 1. The van der Waals surface area contributed by atoms with E-state index in [4.69, 9.17) is 4.74 Å². The number of aromatic hydroxyl groups is 1. The fourth-order valence-corrected chi connectivity index (χ4v) is 6.48. The SMILES string of the molecule is CCc1cc(OC)c(O)c2c1C[C@@H]1[C@@H]3CCC(=O)C[C@]23CCN1CC1CC1. The minimum Gasteiger partial charge on any atom is -0.504 e. The van der Waals surface area contributed by atoms with Gasteiger partial charge in [0.2, 0.25) is 0 Å². The summed E-state index contributed by atoms with van der Waals surface area (Å²) in [6, 6.07) is 2.55. The molecule has 1 heterocycles. The number of hydrogen-bond donors (Lipinski definition) is 1. The number of methoxy groups -OCH3 is 1. The molecule has 27 heavy (non-hydrogen) atoms. The lowest BCUT2D eigenvalue weighted by Crippen LogP contribution is -2.62. The van der Waals surface area contributed by atoms with Crippen LogP contribution >= 0.6 is 0 Å². The van der Waals surface area contributed by atoms with Crippen molar-refractivity contribution >= 4 is 5.78 Å². The third-order valence-corrected chi connectivity index (χ3v) is 7.90. The Kier molecular flexibility index (Phi) is 4.05. The number of Topliss-reactive ketones (excluding diaryl/α,β-unsaturated/α-hetero) is 1. The molecular formula is C23H31NO3. The molecule has 2 saturated carbocycles. The Bertz CT molecular complexity index is 784. The van der Waals surface area contributed by atoms with Gasteiger partial charge in [0.1, 0.15) is 5.78 Å². The fraction of sp³-hybridized carbons (Fsp3) is 0.696. The number of ether oxygens (including phenoxy) is 1. The quantitative estimate of drug-likeness (QED) is 0.881. The second-order valence-electron chi connectivity index (χ2n) is 9.27. The Labute approximate surface area is 161 Å². The van der Waals surface area contributed by atoms with Gasteiger partial charge in [-0.2, -0.15) is 0 Å². The topological polar surface area (TPSA) is 49.8 Å². The van der Waals surface area contributed by atoms with Gasteiger partial charge in [-0.15, -0.1) is 0 Å². The number of benzene rings is 1. The van der Waals surface area contributed by atoms with Crippen LogP contribution in [0.4, 0.5) is 0 Å². The van der Waals surface area contributed by atoms with Gasteiger partial charge in [-0.05, 0) is 74.1 Å². The normalized spacial score (nSPS) is 32.7. The van der Waals surface area contributed by atoms with Crippen molar-refractivity contribution in [2.24, 2.45) is 11.8 Å². The van der Waals surface area contributed by atoms with Crippen LogP contribution < -0.4 is 4.74 Å². The van der Waals surface area contributed by atoms with Crippen molar-refractivity contribution in [1.29, 1.82) is 0 Å². The highest BCUT2D eigenvalue weighted by Gasteiger charge is 2.57. The molecule has 2 bridgehead atoms. The van der Waals surface area contributed by atoms with Gasteiger partial charge < -0.3 is 9.84 Å². The fourth-order valence-electron chi connectivity index (χ4n) is 6.48. The van der Waals surface area contributed by atoms with Crippen LogP contribution in [0, 0.1) is 11.8 Å². The summed E-state index contributed by atoms with van der Waals surface area (Å²) in [7, 11) is 1.63. The zero-order chi connectivity index (χ0) is 18.8. The molecule has 0 unspecified atom stereocenters. The second-order valence-corrected chi connectivity index (χ2v) is 9.27. The number of piperidine rings is 1. The maximum Gasteiger partial charge on any atom is 0.161 e. The van der Waals surface area contributed by atoms with Crippen molar-refractivity contribution in [3.63, 3.8) is 0 Å². The molecule has 4 aliphatic rings. The molecule has 1 aliphatic heterocycles. The zero-order valence-electron chi connectivity index (χ0n) is 16.6. The van der Waals surface area contributed by atoms with Crippen molar-refractivity contribution in [2.45, 2.75) is 69.7 Å². The molecule has 3 aliphatic carbocycles. The first kappa shape index (κ1) is 17.5. The van der Waals surface area contributed by atoms with Gasteiger partial charge in [-0.3, -0.25) is 9.69 Å². The van der Waals surface area contributed by atoms with E-state index in [2.05, 4.69) is 11.8 Å². The van der Waals surface area contributed by atoms with E-state index in [1.54, 1.807) is 7.11 Å². The van der Waals surface area contributed by atoms with E-state index in [0.717, 1.165) is 43.7 Å². The zero-order valence-corrected chi connectivity index (χ0v) is 16.6. The Morgan fingerprint density at radius 3 is 2.85 bits per heavy atom. The summed E-state index contributed by atoms with van der Waals surface area (Å²) in [5.41, 5.74) is 3.48. The lowest BCUT2D eigenvalue weighted by molar-refractivity contribution is -0.127. The molecule has 1 aromatic carbocycles. The number of phenolic OH excluding ortho intramolecular Hbond substituents is 1. The van der Waals surface area contributed by atoms with Crippen LogP contribution in [0.5, 0.6) is 11.5 Å². The van der Waals surface area contributed by atoms with E-state index in [0.29, 0.717) is 42.1 Å². The third kappa shape index (κ3) is 2.55. The van der Waals surface area contributed by atoms with Gasteiger partial charge in [0.05, 0.1) is 7.11 Å². The number of fused-ring (bicyclic) bond motifs is 1. The van der Waals surface area contributed by atoms with E-state index in [9.17, 15) is 9.90 Å². The molecule has 1 saturated heterocycles. The number of aryl methyl sites for hydroxylation is 1. The molecule has 0 radical (unpaired) electrons. The largest absolute Gasteiger partial charge is 0.504 e. The van der Waals surface area contributed by atoms with Gasteiger partial charge in [-0.1, -0.05) is 6.92 Å². The Balaban J connectivity index is 1.68. The van der Waals surface area contributed by atoms with Crippen LogP contribution in [0.1, 0.15) is 62.1 Å². The third-order valence-electron chi connectivity index (χ3n) is 7.90. The maximum atomic E-state index is 12.6. The molecule has 4 heteroatoms. The summed E-state index contributed by atoms with van der Waals surface area (Å²) in [5.74, 6) is 2.62. The smallest absolute Gasteiger partial charge is 0.161 e. The van der Waals surface area contributed by atoms with E-state index in [1.165, 1.54) is 30.5 Å². The first-order valence-electron chi connectivity index (χ1n) is 10.7. The predicted octanol–water partition coefficient (Wildman–Crippen LogP) is 3.61. The number of hydrogen-bond acceptors (Lipinski definition) is 4. The van der Waals surface area contributed by atoms with Crippen LogP contribution in [0.2, 0.25) is 0 Å². The van der Waals surface area contributed by atoms with Gasteiger partial charge in [-0.25, -0.2) is 0 Å². The van der Waals surface area contributed by atoms with Crippen molar-refractivity contribution in [1.82, 2.24) is 4.90 Å². The van der Waals surface area contributed by atoms with Gasteiger partial charge >= 0.3 is 0 Å². The Morgan fingerprint density at radius 1 is 1.33 bits per heavy atom. The maximum absolute atomic E-state index is 12.6. The standard InChI is InChI=1S/C23H31NO3/c1-3-15-10-20(27-2)22(26)21-17(15)11-19-18-7-6-16(25)12-23(18,21)8-9-24(19)13-14-4-5-14/h10,14,18-19,26H,3-9,11-13H2,1-2H3/t18-,19+,23-/m0/s1. The molecule has 0 aromatic heterocycles. The first-order valence-corrected chi connectivity index (χ1v) is 10.7. The van der Waals surface area contributed by atoms with Crippen LogP contribution in [0.25, 0.3) is 0 Å². The number of carbonyl (C=O) groups excluding carboxylic acids is 1. The molecule has 0 amide bonds. The van der Waals surface area contributed by atoms with Gasteiger partial charge in [0.25, 0.3) is 0 Å². The monoisotopic (exact) mass is 369 g/mol. The summed E-state index contributed by atoms with van der Waals surface area (Å²) in [6.45, 7) is 4.46. The number of rotatable bonds is 4. The minimum absolute atomic E-state index is 0.184. The minimum atomic E-state index is -0.184. The van der Waals surface area contributed by atoms with E-state index in [-0.39, 0.29) is 5.41 Å². The van der Waals surface area contributed by atoms with Crippen LogP contribution in [0.3, 0.4) is 0 Å². The molecule has 5 rings (SSSR count). The lowest BCUT2D eigenvalue weighted by atomic mass is 9.51. The molecule has 1 aromatic rings. The number of ketones is 1. The molecular weight excluding hydrogens is 338 g/mol. The average molecular weight is 370 g/mol. The van der Waals surface area contributed by atoms with E-state index in [1.807, 2.05) is 6.07 Å². The average Bonchev–Trinajstić information content (AvgIpc) is 3.47. The highest BCUT2D eigenvalue weighted by molar-refractivity contribution is 5.82. The van der Waals surface area contributed by atoms with Crippen LogP contribution in [-0.4, -0.2) is 42.0 Å². The summed E-state index contributed by atoms with van der Waals surface area (Å²) < 4.78 is 5.53. The summed E-state index contributed by atoms with van der Waals surface area (Å²) in [5, 5.41) is 11.2. The number of likely N-dealkylation sites (tertiary alicyclic amines) is 1. The van der Waals surface area contributed by atoms with E-state index >= 15 is 0 Å². The molecule has 4 nitrogen and oxygen atoms in total. The second kappa shape index (κ2) is 6.23. The van der Waals surface area contributed by atoms with Crippen molar-refractivity contribution in [2.75, 3.05) is 20.2 Å². The Hall–Kier alpha value is -1.55. The lowest BCUT2D eigenvalue weighted by Gasteiger charge is -2.59. The predicted molar refractivity (Wildman–Crippen MR) is 104 cm³/mol. The highest BCUT2D eigenvalue weighted by Crippen LogP contribution is 2.59. The van der Waals surface area contributed by atoms with Crippen molar-refractivity contribution in [3.05, 3.63) is 22.8 Å². The van der Waals surface area contributed by atoms with Crippen molar-refractivity contribution in [3.8, 4) is 11.5 Å². The van der Waals surface area contributed by atoms with Gasteiger partial charge in [0.15, 0.2) is 11.5 Å². The van der Waals surface area contributed by atoms with Crippen LogP contribution in [0.15, 0.2) is 6.07 Å². The van der Waals surface area contributed by atoms with Crippen LogP contribution in [-0.2, 0) is 23.1 Å². The molecule has 3 fully saturated rings. The number of phenols is 1.